The Kier molecular flexibility index (Phi) is 6.96. The van der Waals surface area contributed by atoms with E-state index in [0.29, 0.717) is 5.69 Å². The minimum absolute atomic E-state index is 0.0186. The number of carbonyl (C=O) groups excluding carboxylic acids is 1. The predicted octanol–water partition coefficient (Wildman–Crippen LogP) is 5.14. The van der Waals surface area contributed by atoms with Gasteiger partial charge in [-0.1, -0.05) is 18.5 Å². The zero-order valence-corrected chi connectivity index (χ0v) is 17.4. The highest BCUT2D eigenvalue weighted by Crippen LogP contribution is 2.22. The van der Waals surface area contributed by atoms with Crippen molar-refractivity contribution >= 4 is 29.3 Å². The molecule has 0 fully saturated rings. The van der Waals surface area contributed by atoms with Crippen LogP contribution in [0.3, 0.4) is 0 Å². The van der Waals surface area contributed by atoms with Crippen LogP contribution in [0, 0.1) is 17.5 Å². The lowest BCUT2D eigenvalue weighted by Gasteiger charge is -2.15. The van der Waals surface area contributed by atoms with Crippen molar-refractivity contribution < 1.29 is 18.0 Å². The first-order valence-corrected chi connectivity index (χ1v) is 9.76. The summed E-state index contributed by atoms with van der Waals surface area (Å²) in [5.74, 6) is -2.54. The third kappa shape index (κ3) is 5.85. The highest BCUT2D eigenvalue weighted by Gasteiger charge is 2.14. The molecule has 0 saturated carbocycles. The van der Waals surface area contributed by atoms with E-state index in [1.54, 1.807) is 0 Å². The number of anilines is 1. The van der Waals surface area contributed by atoms with Crippen molar-refractivity contribution in [3.63, 3.8) is 0 Å². The van der Waals surface area contributed by atoms with Gasteiger partial charge in [-0.2, -0.15) is 10.1 Å². The highest BCUT2D eigenvalue weighted by molar-refractivity contribution is 6.30. The zero-order chi connectivity index (χ0) is 22.5. The average molecular weight is 450 g/mol. The van der Waals surface area contributed by atoms with Gasteiger partial charge in [-0.15, -0.1) is 0 Å². The molecule has 0 radical (unpaired) electrons. The number of nitrogens with zero attached hydrogens (tertiary/aromatic N) is 2. The van der Waals surface area contributed by atoms with E-state index in [2.05, 4.69) is 25.8 Å². The Morgan fingerprint density at radius 2 is 1.87 bits per heavy atom. The van der Waals surface area contributed by atoms with Crippen molar-refractivity contribution in [2.75, 3.05) is 5.32 Å². The molecule has 2 aromatic carbocycles. The zero-order valence-electron chi connectivity index (χ0n) is 16.6. The van der Waals surface area contributed by atoms with E-state index in [1.807, 2.05) is 13.8 Å². The normalized spacial score (nSPS) is 12.5. The number of aromatic nitrogens is 2. The summed E-state index contributed by atoms with van der Waals surface area (Å²) >= 11 is 5.65. The number of aromatic amines is 1. The number of H-pyrrole nitrogens is 1. The van der Waals surface area contributed by atoms with Crippen LogP contribution in [0.1, 0.15) is 30.6 Å². The first-order chi connectivity index (χ1) is 14.7. The fraction of sp³-hybridized carbons (Fsp3) is 0.190. The Bertz CT molecular complexity index is 1110. The molecular weight excluding hydrogens is 431 g/mol. The number of nitrogens with one attached hydrogen (secondary N) is 3. The number of halogens is 4. The molecule has 0 aliphatic carbocycles. The van der Waals surface area contributed by atoms with Gasteiger partial charge in [0.25, 0.3) is 5.91 Å². The number of guanidine groups is 1. The van der Waals surface area contributed by atoms with Gasteiger partial charge >= 0.3 is 0 Å². The second kappa shape index (κ2) is 9.65. The lowest BCUT2D eigenvalue weighted by atomic mass is 10.1. The molecule has 3 N–H and O–H groups in total. The van der Waals surface area contributed by atoms with Crippen LogP contribution in [-0.4, -0.2) is 28.1 Å². The minimum Gasteiger partial charge on any atom is -0.353 e. The molecule has 0 bridgehead atoms. The van der Waals surface area contributed by atoms with E-state index in [9.17, 15) is 18.0 Å². The number of amides is 1. The largest absolute Gasteiger partial charge is 0.353 e. The molecule has 31 heavy (non-hydrogen) atoms. The van der Waals surface area contributed by atoms with Gasteiger partial charge in [0.05, 0.1) is 10.7 Å². The smallest absolute Gasteiger partial charge is 0.280 e. The summed E-state index contributed by atoms with van der Waals surface area (Å²) < 4.78 is 40.6. The molecule has 1 amide bonds. The summed E-state index contributed by atoms with van der Waals surface area (Å²) in [5.41, 5.74) is 0.638. The fourth-order valence-corrected chi connectivity index (χ4v) is 2.71. The molecular formula is C21H19ClF3N5O. The molecule has 0 saturated heterocycles. The molecule has 6 nitrogen and oxygen atoms in total. The quantitative estimate of drug-likeness (QED) is 0.372. The molecule has 0 aliphatic heterocycles. The van der Waals surface area contributed by atoms with Crippen molar-refractivity contribution in [2.45, 2.75) is 26.3 Å². The van der Waals surface area contributed by atoms with E-state index in [-0.39, 0.29) is 34.0 Å². The standard InChI is InChI=1S/C21H19ClF3N5O/c1-3-11(2)26-21(28-20(31)12-4-5-16(22)17(25)8-12)27-19-10-18(29-30-19)13-6-14(23)9-15(24)7-13/h4-11H,3H2,1-2H3,(H3,26,27,28,29,30,31)/t11-/m1/s1. The molecule has 1 heterocycles. The van der Waals surface area contributed by atoms with Crippen LogP contribution in [0.15, 0.2) is 47.5 Å². The summed E-state index contributed by atoms with van der Waals surface area (Å²) in [6, 6.07) is 8.18. The van der Waals surface area contributed by atoms with Gasteiger partial charge in [-0.3, -0.25) is 9.89 Å². The second-order valence-corrected chi connectivity index (χ2v) is 7.21. The van der Waals surface area contributed by atoms with Crippen LogP contribution in [0.5, 0.6) is 0 Å². The van der Waals surface area contributed by atoms with Crippen LogP contribution in [0.25, 0.3) is 11.3 Å². The first-order valence-electron chi connectivity index (χ1n) is 9.38. The first kappa shape index (κ1) is 22.4. The summed E-state index contributed by atoms with van der Waals surface area (Å²) in [4.78, 5) is 16.5. The van der Waals surface area contributed by atoms with E-state index in [4.69, 9.17) is 11.6 Å². The predicted molar refractivity (Wildman–Crippen MR) is 114 cm³/mol. The lowest BCUT2D eigenvalue weighted by Crippen LogP contribution is -2.38. The molecule has 0 unspecified atom stereocenters. The monoisotopic (exact) mass is 449 g/mol. The maximum absolute atomic E-state index is 13.7. The Labute approximate surface area is 181 Å². The van der Waals surface area contributed by atoms with Crippen LogP contribution < -0.4 is 10.6 Å². The number of benzene rings is 2. The molecule has 3 aromatic rings. The van der Waals surface area contributed by atoms with Gasteiger partial charge in [-0.05, 0) is 43.7 Å². The van der Waals surface area contributed by atoms with Gasteiger partial charge in [0.2, 0.25) is 5.96 Å². The third-order valence-corrected chi connectivity index (χ3v) is 4.68. The van der Waals surface area contributed by atoms with Crippen molar-refractivity contribution in [3.8, 4) is 11.3 Å². The molecule has 0 spiro atoms. The maximum Gasteiger partial charge on any atom is 0.280 e. The summed E-state index contributed by atoms with van der Waals surface area (Å²) in [6.07, 6.45) is 0.735. The van der Waals surface area contributed by atoms with E-state index < -0.39 is 23.4 Å². The van der Waals surface area contributed by atoms with Gasteiger partial charge in [0.15, 0.2) is 5.82 Å². The average Bonchev–Trinajstić information content (AvgIpc) is 3.17. The molecule has 1 aromatic heterocycles. The van der Waals surface area contributed by atoms with Crippen LogP contribution >= 0.6 is 11.6 Å². The molecule has 1 atom stereocenters. The fourth-order valence-electron chi connectivity index (χ4n) is 2.59. The summed E-state index contributed by atoms with van der Waals surface area (Å²) in [6.45, 7) is 3.83. The summed E-state index contributed by atoms with van der Waals surface area (Å²) in [5, 5.41) is 12.5. The minimum atomic E-state index is -0.730. The number of carbonyl (C=O) groups is 1. The van der Waals surface area contributed by atoms with Gasteiger partial charge < -0.3 is 10.6 Å². The lowest BCUT2D eigenvalue weighted by molar-refractivity contribution is 0.100. The van der Waals surface area contributed by atoms with Crippen molar-refractivity contribution in [3.05, 3.63) is 70.5 Å². The van der Waals surface area contributed by atoms with E-state index in [1.165, 1.54) is 18.2 Å². The topological polar surface area (TPSA) is 82.2 Å². The van der Waals surface area contributed by atoms with Crippen molar-refractivity contribution in [1.82, 2.24) is 15.5 Å². The van der Waals surface area contributed by atoms with Crippen LogP contribution in [-0.2, 0) is 0 Å². The van der Waals surface area contributed by atoms with E-state index in [0.717, 1.165) is 30.7 Å². The van der Waals surface area contributed by atoms with Crippen LogP contribution in [0.2, 0.25) is 5.02 Å². The van der Waals surface area contributed by atoms with Gasteiger partial charge in [-0.25, -0.2) is 13.2 Å². The molecule has 0 aliphatic rings. The summed E-state index contributed by atoms with van der Waals surface area (Å²) in [7, 11) is 0. The SMILES string of the molecule is CC[C@@H](C)N/C(=N/C(=O)c1ccc(Cl)c(F)c1)Nc1cc(-c2cc(F)cc(F)c2)[nH]n1. The molecule has 162 valence electrons. The Balaban J connectivity index is 1.86. The number of hydrogen-bond donors (Lipinski definition) is 3. The maximum atomic E-state index is 13.7. The van der Waals surface area contributed by atoms with E-state index >= 15 is 0 Å². The van der Waals surface area contributed by atoms with Crippen LogP contribution in [0.4, 0.5) is 19.0 Å². The van der Waals surface area contributed by atoms with Gasteiger partial charge in [0.1, 0.15) is 17.5 Å². The number of rotatable bonds is 5. The van der Waals surface area contributed by atoms with Crippen molar-refractivity contribution in [1.29, 1.82) is 0 Å². The Morgan fingerprint density at radius 1 is 1.16 bits per heavy atom. The second-order valence-electron chi connectivity index (χ2n) is 6.80. The Morgan fingerprint density at radius 3 is 2.52 bits per heavy atom. The molecule has 10 heteroatoms. The van der Waals surface area contributed by atoms with Gasteiger partial charge in [0, 0.05) is 29.3 Å². The Hall–Kier alpha value is -3.33. The third-order valence-electron chi connectivity index (χ3n) is 4.37. The van der Waals surface area contributed by atoms with Crippen molar-refractivity contribution in [2.24, 2.45) is 4.99 Å². The number of hydrogen-bond acceptors (Lipinski definition) is 2. The molecule has 3 rings (SSSR count). The highest BCUT2D eigenvalue weighted by atomic mass is 35.5. The number of aliphatic imine (C=N–C) groups is 1.